The summed E-state index contributed by atoms with van der Waals surface area (Å²) in [6, 6.07) is 15.6. The molecule has 1 atom stereocenters. The SMILES string of the molecule is CCOc1cc(/C=C2\SC(=S)N(Cc3ccccc3)C2=O)ccc1O[C@H](C)CC. The number of thiocarbonyl (C=S) groups is 1. The molecule has 1 amide bonds. The first-order chi connectivity index (χ1) is 14.0. The normalized spacial score (nSPS) is 16.4. The first-order valence-corrected chi connectivity index (χ1v) is 11.0. The maximum absolute atomic E-state index is 12.9. The van der Waals surface area contributed by atoms with E-state index < -0.39 is 0 Å². The van der Waals surface area contributed by atoms with E-state index in [0.29, 0.717) is 28.1 Å². The monoisotopic (exact) mass is 427 g/mol. The van der Waals surface area contributed by atoms with Crippen molar-refractivity contribution in [3.05, 3.63) is 64.6 Å². The number of carbonyl (C=O) groups is 1. The van der Waals surface area contributed by atoms with Gasteiger partial charge in [-0.05, 0) is 49.6 Å². The summed E-state index contributed by atoms with van der Waals surface area (Å²) < 4.78 is 12.3. The third kappa shape index (κ3) is 5.40. The van der Waals surface area contributed by atoms with Crippen molar-refractivity contribution in [3.8, 4) is 11.5 Å². The minimum atomic E-state index is -0.0678. The molecular weight excluding hydrogens is 402 g/mol. The Morgan fingerprint density at radius 2 is 1.90 bits per heavy atom. The first-order valence-electron chi connectivity index (χ1n) is 9.74. The summed E-state index contributed by atoms with van der Waals surface area (Å²) in [5, 5.41) is 0. The van der Waals surface area contributed by atoms with Crippen LogP contribution in [-0.2, 0) is 11.3 Å². The van der Waals surface area contributed by atoms with Crippen molar-refractivity contribution in [2.45, 2.75) is 39.8 Å². The molecule has 0 bridgehead atoms. The summed E-state index contributed by atoms with van der Waals surface area (Å²) in [6.07, 6.45) is 2.88. The van der Waals surface area contributed by atoms with Crippen LogP contribution in [0.25, 0.3) is 6.08 Å². The Hall–Kier alpha value is -2.31. The number of carbonyl (C=O) groups excluding carboxylic acids is 1. The Kier molecular flexibility index (Phi) is 7.34. The van der Waals surface area contributed by atoms with Gasteiger partial charge >= 0.3 is 0 Å². The second kappa shape index (κ2) is 9.94. The van der Waals surface area contributed by atoms with Crippen LogP contribution < -0.4 is 9.47 Å². The largest absolute Gasteiger partial charge is 0.490 e. The van der Waals surface area contributed by atoms with Gasteiger partial charge in [0.1, 0.15) is 4.32 Å². The molecule has 1 aliphatic heterocycles. The van der Waals surface area contributed by atoms with Gasteiger partial charge in [-0.25, -0.2) is 0 Å². The second-order valence-corrected chi connectivity index (χ2v) is 8.41. The van der Waals surface area contributed by atoms with E-state index in [1.54, 1.807) is 4.90 Å². The standard InChI is InChI=1S/C23H25NO3S2/c1-4-16(3)27-19-12-11-18(13-20(19)26-5-2)14-21-22(25)24(23(28)29-21)15-17-9-7-6-8-10-17/h6-14,16H,4-5,15H2,1-3H3/b21-14-/t16-/m1/s1. The van der Waals surface area contributed by atoms with E-state index in [1.165, 1.54) is 11.8 Å². The fraction of sp³-hybridized carbons (Fsp3) is 0.304. The molecule has 1 fully saturated rings. The van der Waals surface area contributed by atoms with Crippen molar-refractivity contribution in [2.24, 2.45) is 0 Å². The summed E-state index contributed by atoms with van der Waals surface area (Å²) in [5.41, 5.74) is 1.93. The van der Waals surface area contributed by atoms with Crippen molar-refractivity contribution >= 4 is 40.3 Å². The van der Waals surface area contributed by atoms with E-state index in [1.807, 2.05) is 68.5 Å². The number of ether oxygens (including phenoxy) is 2. The highest BCUT2D eigenvalue weighted by molar-refractivity contribution is 8.26. The fourth-order valence-electron chi connectivity index (χ4n) is 2.83. The molecule has 0 aromatic heterocycles. The third-order valence-corrected chi connectivity index (χ3v) is 5.90. The van der Waals surface area contributed by atoms with Crippen molar-refractivity contribution < 1.29 is 14.3 Å². The zero-order valence-corrected chi connectivity index (χ0v) is 18.5. The van der Waals surface area contributed by atoms with Gasteiger partial charge in [0.05, 0.1) is 24.2 Å². The molecular formula is C23H25NO3S2. The van der Waals surface area contributed by atoms with E-state index in [-0.39, 0.29) is 12.0 Å². The van der Waals surface area contributed by atoms with Crippen LogP contribution in [0.2, 0.25) is 0 Å². The predicted octanol–water partition coefficient (Wildman–Crippen LogP) is 5.66. The van der Waals surface area contributed by atoms with E-state index in [4.69, 9.17) is 21.7 Å². The van der Waals surface area contributed by atoms with Gasteiger partial charge in [0.25, 0.3) is 5.91 Å². The van der Waals surface area contributed by atoms with Crippen LogP contribution in [0.15, 0.2) is 53.4 Å². The van der Waals surface area contributed by atoms with Crippen LogP contribution in [-0.4, -0.2) is 27.8 Å². The molecule has 29 heavy (non-hydrogen) atoms. The lowest BCUT2D eigenvalue weighted by Crippen LogP contribution is -2.27. The number of benzene rings is 2. The van der Waals surface area contributed by atoms with Gasteiger partial charge in [-0.2, -0.15) is 0 Å². The van der Waals surface area contributed by atoms with E-state index in [0.717, 1.165) is 23.3 Å². The molecule has 0 radical (unpaired) electrons. The van der Waals surface area contributed by atoms with Crippen molar-refractivity contribution in [2.75, 3.05) is 6.61 Å². The Bertz CT molecular complexity index is 912. The topological polar surface area (TPSA) is 38.8 Å². The maximum Gasteiger partial charge on any atom is 0.266 e. The molecule has 0 spiro atoms. The fourth-order valence-corrected chi connectivity index (χ4v) is 4.09. The Morgan fingerprint density at radius 1 is 1.14 bits per heavy atom. The molecule has 1 saturated heterocycles. The Morgan fingerprint density at radius 3 is 2.59 bits per heavy atom. The minimum Gasteiger partial charge on any atom is -0.490 e. The average molecular weight is 428 g/mol. The summed E-state index contributed by atoms with van der Waals surface area (Å²) in [4.78, 5) is 15.1. The number of thioether (sulfide) groups is 1. The zero-order chi connectivity index (χ0) is 20.8. The quantitative estimate of drug-likeness (QED) is 0.401. The molecule has 3 rings (SSSR count). The number of hydrogen-bond acceptors (Lipinski definition) is 5. The lowest BCUT2D eigenvalue weighted by molar-refractivity contribution is -0.122. The highest BCUT2D eigenvalue weighted by Gasteiger charge is 2.32. The average Bonchev–Trinajstić information content (AvgIpc) is 2.98. The zero-order valence-electron chi connectivity index (χ0n) is 16.9. The molecule has 1 heterocycles. The number of hydrogen-bond donors (Lipinski definition) is 0. The van der Waals surface area contributed by atoms with Crippen molar-refractivity contribution in [1.29, 1.82) is 0 Å². The lowest BCUT2D eigenvalue weighted by Gasteiger charge is -2.16. The molecule has 2 aromatic rings. The third-order valence-electron chi connectivity index (χ3n) is 4.53. The van der Waals surface area contributed by atoms with Crippen molar-refractivity contribution in [1.82, 2.24) is 4.90 Å². The van der Waals surface area contributed by atoms with Crippen LogP contribution in [0.5, 0.6) is 11.5 Å². The summed E-state index contributed by atoms with van der Waals surface area (Å²) >= 11 is 6.77. The van der Waals surface area contributed by atoms with Gasteiger partial charge in [-0.3, -0.25) is 9.69 Å². The summed E-state index contributed by atoms with van der Waals surface area (Å²) in [5.74, 6) is 1.33. The molecule has 4 nitrogen and oxygen atoms in total. The molecule has 0 unspecified atom stereocenters. The number of amides is 1. The Labute approximate surface area is 181 Å². The molecule has 0 N–H and O–H groups in total. The van der Waals surface area contributed by atoms with Crippen LogP contribution in [0, 0.1) is 0 Å². The molecule has 6 heteroatoms. The highest BCUT2D eigenvalue weighted by Crippen LogP contribution is 2.36. The van der Waals surface area contributed by atoms with E-state index >= 15 is 0 Å². The molecule has 0 saturated carbocycles. The molecule has 152 valence electrons. The van der Waals surface area contributed by atoms with Gasteiger partial charge in [-0.1, -0.05) is 67.3 Å². The van der Waals surface area contributed by atoms with Crippen LogP contribution >= 0.6 is 24.0 Å². The van der Waals surface area contributed by atoms with Gasteiger partial charge in [-0.15, -0.1) is 0 Å². The van der Waals surface area contributed by atoms with E-state index in [9.17, 15) is 4.79 Å². The minimum absolute atomic E-state index is 0.0678. The number of nitrogens with zero attached hydrogens (tertiary/aromatic N) is 1. The van der Waals surface area contributed by atoms with Crippen LogP contribution in [0.4, 0.5) is 0 Å². The van der Waals surface area contributed by atoms with Gasteiger partial charge < -0.3 is 9.47 Å². The summed E-state index contributed by atoms with van der Waals surface area (Å²) in [7, 11) is 0. The predicted molar refractivity (Wildman–Crippen MR) is 123 cm³/mol. The molecule has 2 aromatic carbocycles. The second-order valence-electron chi connectivity index (χ2n) is 6.73. The van der Waals surface area contributed by atoms with Crippen molar-refractivity contribution in [3.63, 3.8) is 0 Å². The maximum atomic E-state index is 12.9. The van der Waals surface area contributed by atoms with Gasteiger partial charge in [0, 0.05) is 0 Å². The lowest BCUT2D eigenvalue weighted by atomic mass is 10.1. The molecule has 0 aliphatic carbocycles. The van der Waals surface area contributed by atoms with Crippen LogP contribution in [0.3, 0.4) is 0 Å². The summed E-state index contributed by atoms with van der Waals surface area (Å²) in [6.45, 7) is 7.07. The Balaban J connectivity index is 1.81. The first kappa shape index (κ1) is 21.4. The van der Waals surface area contributed by atoms with Crippen LogP contribution in [0.1, 0.15) is 38.3 Å². The number of rotatable bonds is 8. The van der Waals surface area contributed by atoms with Gasteiger partial charge in [0.2, 0.25) is 0 Å². The van der Waals surface area contributed by atoms with Gasteiger partial charge in [0.15, 0.2) is 11.5 Å². The van der Waals surface area contributed by atoms with E-state index in [2.05, 4.69) is 6.92 Å². The smallest absolute Gasteiger partial charge is 0.266 e. The molecule has 1 aliphatic rings. The highest BCUT2D eigenvalue weighted by atomic mass is 32.2.